The van der Waals surface area contributed by atoms with Gasteiger partial charge in [0.05, 0.1) is 11.1 Å². The molecule has 0 aliphatic heterocycles. The first kappa shape index (κ1) is 13.8. The van der Waals surface area contributed by atoms with Crippen molar-refractivity contribution < 1.29 is 14.7 Å². The third-order valence-corrected chi connectivity index (χ3v) is 3.28. The standard InChI is InChI=1S/C14H14N2O4/c1-7-5-10-9(8(2)13(7)14(19)20)3-4-12(18)16(10)6-11(15)17/h3-5H,6H2,1-2H3,(H2,15,17)(H,19,20). The molecule has 2 aromatic rings. The molecule has 0 aliphatic carbocycles. The first-order chi connectivity index (χ1) is 9.32. The third kappa shape index (κ3) is 2.16. The smallest absolute Gasteiger partial charge is 0.336 e. The molecule has 6 heteroatoms. The number of amides is 1. The molecular weight excluding hydrogens is 260 g/mol. The molecule has 0 saturated heterocycles. The van der Waals surface area contributed by atoms with Crippen molar-refractivity contribution in [3.63, 3.8) is 0 Å². The van der Waals surface area contributed by atoms with E-state index in [0.717, 1.165) is 0 Å². The maximum atomic E-state index is 11.8. The molecule has 0 atom stereocenters. The number of nitrogens with two attached hydrogens (primary N) is 1. The number of rotatable bonds is 3. The molecule has 3 N–H and O–H groups in total. The summed E-state index contributed by atoms with van der Waals surface area (Å²) >= 11 is 0. The molecule has 104 valence electrons. The monoisotopic (exact) mass is 274 g/mol. The van der Waals surface area contributed by atoms with E-state index >= 15 is 0 Å². The Morgan fingerprint density at radius 3 is 2.50 bits per heavy atom. The number of benzene rings is 1. The summed E-state index contributed by atoms with van der Waals surface area (Å²) in [7, 11) is 0. The minimum absolute atomic E-state index is 0.210. The number of pyridine rings is 1. The van der Waals surface area contributed by atoms with E-state index < -0.39 is 11.9 Å². The number of fused-ring (bicyclic) bond motifs is 1. The number of carboxylic acid groups (broad SMARTS) is 1. The van der Waals surface area contributed by atoms with Gasteiger partial charge in [-0.3, -0.25) is 14.2 Å². The molecule has 0 saturated carbocycles. The Morgan fingerprint density at radius 1 is 1.30 bits per heavy atom. The molecular formula is C14H14N2O4. The number of nitrogens with zero attached hydrogens (tertiary/aromatic N) is 1. The van der Waals surface area contributed by atoms with E-state index in [9.17, 15) is 19.5 Å². The highest BCUT2D eigenvalue weighted by atomic mass is 16.4. The van der Waals surface area contributed by atoms with Crippen LogP contribution in [-0.2, 0) is 11.3 Å². The zero-order chi connectivity index (χ0) is 15.0. The molecule has 6 nitrogen and oxygen atoms in total. The van der Waals surface area contributed by atoms with Gasteiger partial charge in [-0.2, -0.15) is 0 Å². The first-order valence-corrected chi connectivity index (χ1v) is 5.98. The number of aromatic carboxylic acids is 1. The molecule has 2 rings (SSSR count). The average Bonchev–Trinajstić information content (AvgIpc) is 2.32. The predicted molar refractivity (Wildman–Crippen MR) is 73.8 cm³/mol. The first-order valence-electron chi connectivity index (χ1n) is 5.98. The number of hydrogen-bond donors (Lipinski definition) is 2. The van der Waals surface area contributed by atoms with Gasteiger partial charge < -0.3 is 10.8 Å². The summed E-state index contributed by atoms with van der Waals surface area (Å²) in [5, 5.41) is 9.85. The number of primary amides is 1. The van der Waals surface area contributed by atoms with E-state index in [2.05, 4.69) is 0 Å². The highest BCUT2D eigenvalue weighted by Gasteiger charge is 2.16. The lowest BCUT2D eigenvalue weighted by atomic mass is 9.98. The fourth-order valence-electron chi connectivity index (χ4n) is 2.42. The largest absolute Gasteiger partial charge is 0.478 e. The fraction of sp³-hybridized carbons (Fsp3) is 0.214. The van der Waals surface area contributed by atoms with Crippen molar-refractivity contribution in [2.45, 2.75) is 20.4 Å². The SMILES string of the molecule is Cc1cc2c(ccc(=O)n2CC(N)=O)c(C)c1C(=O)O. The second-order valence-electron chi connectivity index (χ2n) is 4.66. The van der Waals surface area contributed by atoms with Crippen LogP contribution in [0.3, 0.4) is 0 Å². The second-order valence-corrected chi connectivity index (χ2v) is 4.66. The van der Waals surface area contributed by atoms with E-state index in [-0.39, 0.29) is 17.7 Å². The van der Waals surface area contributed by atoms with Gasteiger partial charge in [0.15, 0.2) is 0 Å². The van der Waals surface area contributed by atoms with Crippen LogP contribution < -0.4 is 11.3 Å². The van der Waals surface area contributed by atoms with Crippen LogP contribution in [0.2, 0.25) is 0 Å². The number of hydrogen-bond acceptors (Lipinski definition) is 3. The Bertz CT molecular complexity index is 790. The minimum atomic E-state index is -1.02. The van der Waals surface area contributed by atoms with Crippen molar-refractivity contribution in [2.75, 3.05) is 0 Å². The van der Waals surface area contributed by atoms with E-state index in [1.54, 1.807) is 26.0 Å². The molecule has 0 spiro atoms. The van der Waals surface area contributed by atoms with Gasteiger partial charge in [-0.25, -0.2) is 4.79 Å². The maximum absolute atomic E-state index is 11.8. The van der Waals surface area contributed by atoms with Crippen LogP contribution in [0, 0.1) is 13.8 Å². The Hall–Kier alpha value is -2.63. The maximum Gasteiger partial charge on any atom is 0.336 e. The van der Waals surface area contributed by atoms with E-state index in [1.165, 1.54) is 10.6 Å². The topological polar surface area (TPSA) is 102 Å². The molecule has 0 unspecified atom stereocenters. The van der Waals surface area contributed by atoms with Crippen LogP contribution in [0.15, 0.2) is 23.0 Å². The molecule has 0 aliphatic rings. The minimum Gasteiger partial charge on any atom is -0.478 e. The zero-order valence-electron chi connectivity index (χ0n) is 11.1. The van der Waals surface area contributed by atoms with Gasteiger partial charge in [-0.1, -0.05) is 0 Å². The molecule has 0 bridgehead atoms. The highest BCUT2D eigenvalue weighted by molar-refractivity contribution is 5.98. The van der Waals surface area contributed by atoms with Crippen molar-refractivity contribution in [3.05, 3.63) is 45.2 Å². The number of carboxylic acids is 1. The predicted octanol–water partition coefficient (Wildman–Crippen LogP) is 0.802. The summed E-state index contributed by atoms with van der Waals surface area (Å²) in [4.78, 5) is 34.2. The van der Waals surface area contributed by atoms with Gasteiger partial charge >= 0.3 is 5.97 Å². The van der Waals surface area contributed by atoms with Crippen LogP contribution in [0.4, 0.5) is 0 Å². The van der Waals surface area contributed by atoms with Gasteiger partial charge in [-0.15, -0.1) is 0 Å². The lowest BCUT2D eigenvalue weighted by molar-refractivity contribution is -0.118. The molecule has 1 heterocycles. The van der Waals surface area contributed by atoms with Crippen LogP contribution >= 0.6 is 0 Å². The van der Waals surface area contributed by atoms with Crippen molar-refractivity contribution in [1.29, 1.82) is 0 Å². The number of aromatic nitrogens is 1. The van der Waals surface area contributed by atoms with Gasteiger partial charge in [-0.05, 0) is 37.1 Å². The summed E-state index contributed by atoms with van der Waals surface area (Å²) in [5.74, 6) is -1.65. The van der Waals surface area contributed by atoms with E-state index in [4.69, 9.17) is 5.73 Å². The molecule has 1 amide bonds. The molecule has 0 fully saturated rings. The Balaban J connectivity index is 2.90. The number of carbonyl (C=O) groups is 2. The number of carbonyl (C=O) groups excluding carboxylic acids is 1. The average molecular weight is 274 g/mol. The van der Waals surface area contributed by atoms with Gasteiger partial charge in [0.25, 0.3) is 5.56 Å². The number of aryl methyl sites for hydroxylation is 2. The van der Waals surface area contributed by atoms with Gasteiger partial charge in [0.2, 0.25) is 5.91 Å². The Labute approximate surface area is 114 Å². The van der Waals surface area contributed by atoms with E-state index in [1.807, 2.05) is 0 Å². The van der Waals surface area contributed by atoms with Crippen molar-refractivity contribution in [1.82, 2.24) is 4.57 Å². The lowest BCUT2D eigenvalue weighted by Gasteiger charge is -2.13. The summed E-state index contributed by atoms with van der Waals surface area (Å²) in [6.45, 7) is 3.10. The molecule has 1 aromatic heterocycles. The summed E-state index contributed by atoms with van der Waals surface area (Å²) in [5.41, 5.74) is 6.61. The molecule has 0 radical (unpaired) electrons. The van der Waals surface area contributed by atoms with Gasteiger partial charge in [0, 0.05) is 11.5 Å². The lowest BCUT2D eigenvalue weighted by Crippen LogP contribution is -2.28. The second kappa shape index (κ2) is 4.80. The third-order valence-electron chi connectivity index (χ3n) is 3.28. The quantitative estimate of drug-likeness (QED) is 0.864. The van der Waals surface area contributed by atoms with Gasteiger partial charge in [0.1, 0.15) is 6.54 Å². The van der Waals surface area contributed by atoms with Crippen molar-refractivity contribution in [2.24, 2.45) is 5.73 Å². The van der Waals surface area contributed by atoms with Crippen molar-refractivity contribution >= 4 is 22.8 Å². The molecule has 20 heavy (non-hydrogen) atoms. The van der Waals surface area contributed by atoms with Crippen molar-refractivity contribution in [3.8, 4) is 0 Å². The molecule has 1 aromatic carbocycles. The normalized spacial score (nSPS) is 10.7. The van der Waals surface area contributed by atoms with Crippen LogP contribution in [-0.4, -0.2) is 21.6 Å². The summed E-state index contributed by atoms with van der Waals surface area (Å²) < 4.78 is 1.25. The van der Waals surface area contributed by atoms with E-state index in [0.29, 0.717) is 22.0 Å². The summed E-state index contributed by atoms with van der Waals surface area (Å²) in [6.07, 6.45) is 0. The zero-order valence-corrected chi connectivity index (χ0v) is 11.1. The fourth-order valence-corrected chi connectivity index (χ4v) is 2.42. The Morgan fingerprint density at radius 2 is 1.95 bits per heavy atom. The highest BCUT2D eigenvalue weighted by Crippen LogP contribution is 2.24. The van der Waals surface area contributed by atoms with Crippen LogP contribution in [0.1, 0.15) is 21.5 Å². The Kier molecular flexibility index (Phi) is 3.31. The van der Waals surface area contributed by atoms with Crippen LogP contribution in [0.5, 0.6) is 0 Å². The summed E-state index contributed by atoms with van der Waals surface area (Å²) in [6, 6.07) is 4.46. The van der Waals surface area contributed by atoms with Crippen LogP contribution in [0.25, 0.3) is 10.9 Å².